The molecule has 0 bridgehead atoms. The molecule has 128 valence electrons. The van der Waals surface area contributed by atoms with E-state index in [0.717, 1.165) is 25.9 Å². The van der Waals surface area contributed by atoms with Crippen LogP contribution in [-0.2, 0) is 4.79 Å². The lowest BCUT2D eigenvalue weighted by atomic mass is 10.0. The zero-order chi connectivity index (χ0) is 16.8. The second-order valence-corrected chi connectivity index (χ2v) is 6.82. The number of amides is 1. The molecule has 23 heavy (non-hydrogen) atoms. The Kier molecular flexibility index (Phi) is 6.72. The van der Waals surface area contributed by atoms with Gasteiger partial charge in [-0.1, -0.05) is 24.6 Å². The van der Waals surface area contributed by atoms with Crippen LogP contribution in [0, 0.1) is 0 Å². The average Bonchev–Trinajstić information content (AvgIpc) is 2.53. The second-order valence-electron chi connectivity index (χ2n) is 6.38. The van der Waals surface area contributed by atoms with Crippen LogP contribution in [0.5, 0.6) is 5.75 Å². The third kappa shape index (κ3) is 5.40. The monoisotopic (exact) mass is 338 g/mol. The van der Waals surface area contributed by atoms with Crippen LogP contribution < -0.4 is 10.1 Å². The summed E-state index contributed by atoms with van der Waals surface area (Å²) in [6.07, 6.45) is 2.15. The fraction of sp³-hybridized carbons (Fsp3) is 0.611. The number of likely N-dealkylation sites (tertiary alicyclic amines) is 1. The fourth-order valence-electron chi connectivity index (χ4n) is 2.88. The Bertz CT molecular complexity index is 513. The van der Waals surface area contributed by atoms with Gasteiger partial charge in [0.2, 0.25) is 0 Å². The van der Waals surface area contributed by atoms with Crippen molar-refractivity contribution in [2.24, 2.45) is 0 Å². The molecule has 1 heterocycles. The lowest BCUT2D eigenvalue weighted by Gasteiger charge is -2.35. The van der Waals surface area contributed by atoms with E-state index in [1.165, 1.54) is 0 Å². The van der Waals surface area contributed by atoms with Crippen molar-refractivity contribution in [2.75, 3.05) is 13.1 Å². The predicted molar refractivity (Wildman–Crippen MR) is 94.0 cm³/mol. The van der Waals surface area contributed by atoms with Gasteiger partial charge in [-0.15, -0.1) is 0 Å². The van der Waals surface area contributed by atoms with Crippen LogP contribution in [0.15, 0.2) is 24.3 Å². The van der Waals surface area contributed by atoms with E-state index in [0.29, 0.717) is 23.2 Å². The van der Waals surface area contributed by atoms with Crippen molar-refractivity contribution in [1.29, 1.82) is 0 Å². The third-order valence-electron chi connectivity index (χ3n) is 4.34. The molecule has 1 saturated heterocycles. The number of hydrogen-bond acceptors (Lipinski definition) is 3. The van der Waals surface area contributed by atoms with Gasteiger partial charge in [-0.05, 0) is 51.3 Å². The molecule has 1 aromatic carbocycles. The summed E-state index contributed by atoms with van der Waals surface area (Å²) in [5.74, 6) is 0.601. The Labute approximate surface area is 144 Å². The number of piperidine rings is 1. The highest BCUT2D eigenvalue weighted by molar-refractivity contribution is 6.30. The van der Waals surface area contributed by atoms with Crippen molar-refractivity contribution < 1.29 is 9.53 Å². The Morgan fingerprint density at radius 3 is 2.65 bits per heavy atom. The van der Waals surface area contributed by atoms with Crippen LogP contribution >= 0.6 is 11.6 Å². The summed E-state index contributed by atoms with van der Waals surface area (Å²) in [4.78, 5) is 14.9. The number of carbonyl (C=O) groups excluding carboxylic acids is 1. The van der Waals surface area contributed by atoms with E-state index in [-0.39, 0.29) is 11.9 Å². The predicted octanol–water partition coefficient (Wildman–Crippen LogP) is 3.49. The van der Waals surface area contributed by atoms with Gasteiger partial charge < -0.3 is 15.0 Å². The minimum Gasteiger partial charge on any atom is -0.481 e. The molecule has 0 saturated carbocycles. The van der Waals surface area contributed by atoms with Crippen molar-refractivity contribution in [3.8, 4) is 5.75 Å². The zero-order valence-electron chi connectivity index (χ0n) is 14.2. The summed E-state index contributed by atoms with van der Waals surface area (Å²) in [6, 6.07) is 7.99. The Morgan fingerprint density at radius 1 is 1.39 bits per heavy atom. The van der Waals surface area contributed by atoms with Crippen LogP contribution in [0.3, 0.4) is 0 Å². The average molecular weight is 339 g/mol. The van der Waals surface area contributed by atoms with E-state index in [4.69, 9.17) is 16.3 Å². The van der Waals surface area contributed by atoms with Crippen LogP contribution in [0.4, 0.5) is 0 Å². The third-order valence-corrected chi connectivity index (χ3v) is 4.58. The van der Waals surface area contributed by atoms with Crippen LogP contribution in [0.2, 0.25) is 5.02 Å². The van der Waals surface area contributed by atoms with Gasteiger partial charge in [0.15, 0.2) is 6.10 Å². The molecule has 1 unspecified atom stereocenters. The molecule has 0 spiro atoms. The molecule has 0 radical (unpaired) electrons. The quantitative estimate of drug-likeness (QED) is 0.863. The van der Waals surface area contributed by atoms with Crippen LogP contribution in [0.25, 0.3) is 0 Å². The number of benzene rings is 1. The van der Waals surface area contributed by atoms with E-state index in [1.807, 2.05) is 19.1 Å². The van der Waals surface area contributed by atoms with Gasteiger partial charge in [0.25, 0.3) is 5.91 Å². The normalized spacial score (nSPS) is 18.0. The first kappa shape index (κ1) is 18.1. The van der Waals surface area contributed by atoms with Gasteiger partial charge in [0.05, 0.1) is 0 Å². The largest absolute Gasteiger partial charge is 0.481 e. The van der Waals surface area contributed by atoms with Gasteiger partial charge >= 0.3 is 0 Å². The molecule has 1 N–H and O–H groups in total. The van der Waals surface area contributed by atoms with Crippen molar-refractivity contribution in [1.82, 2.24) is 10.2 Å². The topological polar surface area (TPSA) is 41.6 Å². The SMILES string of the molecule is CCC(Oc1cccc(Cl)c1)C(=O)NC1CCN(C(C)C)CC1. The molecule has 0 aromatic heterocycles. The molecule has 0 aliphatic carbocycles. The number of halogens is 1. The number of nitrogens with one attached hydrogen (secondary N) is 1. The van der Waals surface area contributed by atoms with E-state index in [2.05, 4.69) is 24.1 Å². The first-order valence-electron chi connectivity index (χ1n) is 8.46. The molecule has 5 heteroatoms. The van der Waals surface area contributed by atoms with Crippen molar-refractivity contribution >= 4 is 17.5 Å². The maximum Gasteiger partial charge on any atom is 0.261 e. The van der Waals surface area contributed by atoms with Crippen molar-refractivity contribution in [3.63, 3.8) is 0 Å². The molecule has 1 amide bonds. The summed E-state index contributed by atoms with van der Waals surface area (Å²) in [6.45, 7) is 8.45. The minimum absolute atomic E-state index is 0.0320. The zero-order valence-corrected chi connectivity index (χ0v) is 15.0. The van der Waals surface area contributed by atoms with Crippen LogP contribution in [-0.4, -0.2) is 42.1 Å². The maximum absolute atomic E-state index is 12.5. The fourth-order valence-corrected chi connectivity index (χ4v) is 3.06. The van der Waals surface area contributed by atoms with E-state index >= 15 is 0 Å². The highest BCUT2D eigenvalue weighted by Gasteiger charge is 2.25. The molecule has 1 aliphatic rings. The summed E-state index contributed by atoms with van der Waals surface area (Å²) < 4.78 is 5.80. The second kappa shape index (κ2) is 8.55. The molecule has 2 rings (SSSR count). The van der Waals surface area contributed by atoms with Gasteiger partial charge in [0, 0.05) is 30.2 Å². The first-order valence-corrected chi connectivity index (χ1v) is 8.84. The number of ether oxygens (including phenoxy) is 1. The molecule has 1 aromatic rings. The Hall–Kier alpha value is -1.26. The van der Waals surface area contributed by atoms with E-state index in [1.54, 1.807) is 12.1 Å². The number of nitrogens with zero attached hydrogens (tertiary/aromatic N) is 1. The van der Waals surface area contributed by atoms with Gasteiger partial charge in [-0.2, -0.15) is 0 Å². The van der Waals surface area contributed by atoms with Gasteiger partial charge in [-0.25, -0.2) is 0 Å². The van der Waals surface area contributed by atoms with E-state index < -0.39 is 6.10 Å². The number of carbonyl (C=O) groups is 1. The standard InChI is InChI=1S/C18H27ClN2O2/c1-4-17(23-16-7-5-6-14(19)12-16)18(22)20-15-8-10-21(11-9-15)13(2)3/h5-7,12-13,15,17H,4,8-11H2,1-3H3,(H,20,22). The van der Waals surface area contributed by atoms with Crippen molar-refractivity contribution in [3.05, 3.63) is 29.3 Å². The highest BCUT2D eigenvalue weighted by Crippen LogP contribution is 2.19. The molecular weight excluding hydrogens is 312 g/mol. The van der Waals surface area contributed by atoms with Crippen LogP contribution in [0.1, 0.15) is 40.0 Å². The minimum atomic E-state index is -0.475. The molecule has 1 aliphatic heterocycles. The summed E-state index contributed by atoms with van der Waals surface area (Å²) >= 11 is 5.96. The van der Waals surface area contributed by atoms with E-state index in [9.17, 15) is 4.79 Å². The molecule has 1 atom stereocenters. The molecule has 1 fully saturated rings. The highest BCUT2D eigenvalue weighted by atomic mass is 35.5. The number of rotatable bonds is 6. The number of hydrogen-bond donors (Lipinski definition) is 1. The molecular formula is C18H27ClN2O2. The summed E-state index contributed by atoms with van der Waals surface area (Å²) in [5.41, 5.74) is 0. The Balaban J connectivity index is 1.86. The summed E-state index contributed by atoms with van der Waals surface area (Å²) in [5, 5.41) is 3.75. The smallest absolute Gasteiger partial charge is 0.261 e. The first-order chi connectivity index (χ1) is 11.0. The van der Waals surface area contributed by atoms with Gasteiger partial charge in [-0.3, -0.25) is 4.79 Å². The lowest BCUT2D eigenvalue weighted by Crippen LogP contribution is -2.49. The van der Waals surface area contributed by atoms with Crippen molar-refractivity contribution in [2.45, 2.75) is 58.2 Å². The Morgan fingerprint density at radius 2 is 2.09 bits per heavy atom. The molecule has 4 nitrogen and oxygen atoms in total. The van der Waals surface area contributed by atoms with Gasteiger partial charge in [0.1, 0.15) is 5.75 Å². The lowest BCUT2D eigenvalue weighted by molar-refractivity contribution is -0.129. The summed E-state index contributed by atoms with van der Waals surface area (Å²) in [7, 11) is 0. The maximum atomic E-state index is 12.5.